The number of rotatable bonds is 1. The zero-order valence-corrected chi connectivity index (χ0v) is 9.76. The molecule has 0 atom stereocenters. The van der Waals surface area contributed by atoms with E-state index in [9.17, 15) is 4.39 Å². The Morgan fingerprint density at radius 3 is 2.47 bits per heavy atom. The molecule has 0 aliphatic carbocycles. The Kier molecular flexibility index (Phi) is 2.98. The van der Waals surface area contributed by atoms with Gasteiger partial charge in [-0.2, -0.15) is 0 Å². The van der Waals surface area contributed by atoms with Crippen molar-refractivity contribution in [1.29, 1.82) is 0 Å². The first-order valence-corrected chi connectivity index (χ1v) is 5.27. The monoisotopic (exact) mass is 286 g/mol. The third-order valence-corrected chi connectivity index (χ3v) is 2.66. The molecule has 0 spiro atoms. The third-order valence-electron chi connectivity index (χ3n) is 1.86. The van der Waals surface area contributed by atoms with Crippen molar-refractivity contribution in [3.63, 3.8) is 0 Å². The fourth-order valence-corrected chi connectivity index (χ4v) is 1.55. The molecule has 76 valence electrons. The van der Waals surface area contributed by atoms with Crippen molar-refractivity contribution in [2.75, 3.05) is 0 Å². The summed E-state index contributed by atoms with van der Waals surface area (Å²) in [6.07, 6.45) is 1.24. The largest absolute Gasteiger partial charge is 0.233 e. The lowest BCUT2D eigenvalue weighted by Crippen LogP contribution is -1.92. The highest BCUT2D eigenvalue weighted by Gasteiger charge is 2.10. The van der Waals surface area contributed by atoms with E-state index in [1.165, 1.54) is 6.33 Å². The van der Waals surface area contributed by atoms with E-state index in [1.54, 1.807) is 12.1 Å². The smallest absolute Gasteiger partial charge is 0.186 e. The van der Waals surface area contributed by atoms with Crippen LogP contribution in [0.4, 0.5) is 4.39 Å². The first-order chi connectivity index (χ1) is 7.18. The van der Waals surface area contributed by atoms with Crippen molar-refractivity contribution >= 4 is 27.5 Å². The minimum absolute atomic E-state index is 0.164. The highest BCUT2D eigenvalue weighted by Crippen LogP contribution is 2.24. The second-order valence-corrected chi connectivity index (χ2v) is 4.11. The summed E-state index contributed by atoms with van der Waals surface area (Å²) in [7, 11) is 0. The fraction of sp³-hybridized carbons (Fsp3) is 0. The average molecular weight is 288 g/mol. The SMILES string of the molecule is Fc1c(Cl)ncnc1-c1ccc(Br)cc1. The minimum atomic E-state index is -0.596. The maximum absolute atomic E-state index is 13.5. The molecule has 1 aromatic carbocycles. The van der Waals surface area contributed by atoms with Crippen LogP contribution in [-0.4, -0.2) is 9.97 Å². The lowest BCUT2D eigenvalue weighted by atomic mass is 10.1. The Morgan fingerprint density at radius 2 is 1.80 bits per heavy atom. The van der Waals surface area contributed by atoms with Crippen LogP contribution in [-0.2, 0) is 0 Å². The summed E-state index contributed by atoms with van der Waals surface area (Å²) < 4.78 is 14.4. The first-order valence-electron chi connectivity index (χ1n) is 4.10. The molecule has 15 heavy (non-hydrogen) atoms. The zero-order chi connectivity index (χ0) is 10.8. The molecule has 0 bridgehead atoms. The molecule has 1 heterocycles. The molecule has 0 aliphatic heterocycles. The molecule has 0 radical (unpaired) electrons. The van der Waals surface area contributed by atoms with Crippen LogP contribution in [0.3, 0.4) is 0 Å². The van der Waals surface area contributed by atoms with Crippen molar-refractivity contribution < 1.29 is 4.39 Å². The van der Waals surface area contributed by atoms with E-state index in [0.717, 1.165) is 4.47 Å². The van der Waals surface area contributed by atoms with E-state index in [4.69, 9.17) is 11.6 Å². The molecule has 0 saturated heterocycles. The molecule has 1 aromatic heterocycles. The van der Waals surface area contributed by atoms with Gasteiger partial charge in [0.1, 0.15) is 12.0 Å². The van der Waals surface area contributed by atoms with Gasteiger partial charge < -0.3 is 0 Å². The van der Waals surface area contributed by atoms with Crippen molar-refractivity contribution in [2.24, 2.45) is 0 Å². The Hall–Kier alpha value is -1.00. The van der Waals surface area contributed by atoms with Gasteiger partial charge in [0.05, 0.1) is 0 Å². The summed E-state index contributed by atoms with van der Waals surface area (Å²) in [5.74, 6) is -0.596. The molecule has 0 unspecified atom stereocenters. The molecular formula is C10H5BrClFN2. The molecule has 0 aliphatic rings. The van der Waals surface area contributed by atoms with E-state index in [0.29, 0.717) is 5.56 Å². The number of hydrogen-bond acceptors (Lipinski definition) is 2. The highest BCUT2D eigenvalue weighted by molar-refractivity contribution is 9.10. The molecule has 2 aromatic rings. The van der Waals surface area contributed by atoms with Gasteiger partial charge >= 0.3 is 0 Å². The van der Waals surface area contributed by atoms with Gasteiger partial charge in [-0.1, -0.05) is 39.7 Å². The second kappa shape index (κ2) is 4.24. The average Bonchev–Trinajstić information content (AvgIpc) is 2.24. The zero-order valence-electron chi connectivity index (χ0n) is 7.42. The summed E-state index contributed by atoms with van der Waals surface area (Å²) in [5.41, 5.74) is 0.877. The van der Waals surface area contributed by atoms with Gasteiger partial charge in [0.2, 0.25) is 0 Å². The summed E-state index contributed by atoms with van der Waals surface area (Å²) in [4.78, 5) is 7.41. The lowest BCUT2D eigenvalue weighted by Gasteiger charge is -2.02. The lowest BCUT2D eigenvalue weighted by molar-refractivity contribution is 0.618. The third kappa shape index (κ3) is 2.16. The first kappa shape index (κ1) is 10.5. The number of benzene rings is 1. The van der Waals surface area contributed by atoms with E-state index in [2.05, 4.69) is 25.9 Å². The van der Waals surface area contributed by atoms with E-state index >= 15 is 0 Å². The molecule has 2 rings (SSSR count). The van der Waals surface area contributed by atoms with Crippen molar-refractivity contribution in [3.8, 4) is 11.3 Å². The molecule has 2 nitrogen and oxygen atoms in total. The molecule has 0 saturated carbocycles. The van der Waals surface area contributed by atoms with E-state index < -0.39 is 5.82 Å². The van der Waals surface area contributed by atoms with Crippen LogP contribution >= 0.6 is 27.5 Å². The molecule has 0 N–H and O–H groups in total. The van der Waals surface area contributed by atoms with Crippen LogP contribution in [0.25, 0.3) is 11.3 Å². The summed E-state index contributed by atoms with van der Waals surface area (Å²) in [5, 5.41) is -0.164. The molecular weight excluding hydrogens is 282 g/mol. The second-order valence-electron chi connectivity index (χ2n) is 2.83. The van der Waals surface area contributed by atoms with E-state index in [-0.39, 0.29) is 10.8 Å². The molecule has 0 fully saturated rings. The Bertz CT molecular complexity index is 487. The number of nitrogens with zero attached hydrogens (tertiary/aromatic N) is 2. The highest BCUT2D eigenvalue weighted by atomic mass is 79.9. The number of hydrogen-bond donors (Lipinski definition) is 0. The minimum Gasteiger partial charge on any atom is -0.233 e. The van der Waals surface area contributed by atoms with Gasteiger partial charge in [-0.25, -0.2) is 14.4 Å². The maximum atomic E-state index is 13.5. The van der Waals surface area contributed by atoms with Crippen LogP contribution < -0.4 is 0 Å². The quantitative estimate of drug-likeness (QED) is 0.747. The van der Waals surface area contributed by atoms with Gasteiger partial charge in [0, 0.05) is 10.0 Å². The summed E-state index contributed by atoms with van der Waals surface area (Å²) in [6, 6.07) is 7.13. The maximum Gasteiger partial charge on any atom is 0.186 e. The van der Waals surface area contributed by atoms with Gasteiger partial charge in [-0.15, -0.1) is 0 Å². The van der Waals surface area contributed by atoms with Gasteiger partial charge in [0.15, 0.2) is 11.0 Å². The van der Waals surface area contributed by atoms with Crippen LogP contribution in [0.5, 0.6) is 0 Å². The van der Waals surface area contributed by atoms with Crippen LogP contribution in [0.1, 0.15) is 0 Å². The molecule has 5 heteroatoms. The van der Waals surface area contributed by atoms with Crippen molar-refractivity contribution in [1.82, 2.24) is 9.97 Å². The normalized spacial score (nSPS) is 10.3. The van der Waals surface area contributed by atoms with E-state index in [1.807, 2.05) is 12.1 Å². The number of halogens is 3. The fourth-order valence-electron chi connectivity index (χ4n) is 1.16. The van der Waals surface area contributed by atoms with Crippen molar-refractivity contribution in [2.45, 2.75) is 0 Å². The predicted molar refractivity (Wildman–Crippen MR) is 60.1 cm³/mol. The van der Waals surface area contributed by atoms with Crippen LogP contribution in [0.2, 0.25) is 5.15 Å². The van der Waals surface area contributed by atoms with Gasteiger partial charge in [-0.3, -0.25) is 0 Å². The van der Waals surface area contributed by atoms with Crippen LogP contribution in [0, 0.1) is 5.82 Å². The summed E-state index contributed by atoms with van der Waals surface area (Å²) >= 11 is 8.86. The number of aromatic nitrogens is 2. The predicted octanol–water partition coefficient (Wildman–Crippen LogP) is 3.70. The van der Waals surface area contributed by atoms with Gasteiger partial charge in [-0.05, 0) is 12.1 Å². The van der Waals surface area contributed by atoms with Crippen molar-refractivity contribution in [3.05, 3.63) is 46.0 Å². The Morgan fingerprint density at radius 1 is 1.13 bits per heavy atom. The molecule has 0 amide bonds. The Balaban J connectivity index is 2.54. The topological polar surface area (TPSA) is 25.8 Å². The standard InChI is InChI=1S/C10H5BrClFN2/c11-7-3-1-6(2-4-7)9-8(13)10(12)15-5-14-9/h1-5H. The Labute approximate surface area is 99.3 Å². The van der Waals surface area contributed by atoms with Crippen LogP contribution in [0.15, 0.2) is 35.1 Å². The van der Waals surface area contributed by atoms with Gasteiger partial charge in [0.25, 0.3) is 0 Å². The summed E-state index contributed by atoms with van der Waals surface area (Å²) in [6.45, 7) is 0.